The van der Waals surface area contributed by atoms with Crippen LogP contribution >= 0.6 is 0 Å². The summed E-state index contributed by atoms with van der Waals surface area (Å²) in [7, 11) is 0. The van der Waals surface area contributed by atoms with Crippen LogP contribution in [-0.2, 0) is 4.79 Å². The molecule has 0 amide bonds. The topological polar surface area (TPSA) is 17.1 Å². The van der Waals surface area contributed by atoms with Crippen LogP contribution in [-0.4, -0.2) is 5.78 Å². The minimum absolute atomic E-state index is 0.000913. The van der Waals surface area contributed by atoms with E-state index in [-0.39, 0.29) is 11.3 Å². The third-order valence-electron chi connectivity index (χ3n) is 5.91. The predicted molar refractivity (Wildman–Crippen MR) is 76.6 cm³/mol. The van der Waals surface area contributed by atoms with Crippen molar-refractivity contribution in [3.63, 3.8) is 0 Å². The third-order valence-corrected chi connectivity index (χ3v) is 5.91. The van der Waals surface area contributed by atoms with Gasteiger partial charge in [0.1, 0.15) is 5.78 Å². The molecule has 100 valence electrons. The van der Waals surface area contributed by atoms with Gasteiger partial charge in [-0.05, 0) is 42.2 Å². The second-order valence-electron chi connectivity index (χ2n) is 7.08. The van der Waals surface area contributed by atoms with Crippen LogP contribution in [0.15, 0.2) is 35.5 Å². The number of rotatable bonds is 0. The van der Waals surface area contributed by atoms with Crippen molar-refractivity contribution in [2.45, 2.75) is 45.4 Å². The van der Waals surface area contributed by atoms with Crippen LogP contribution in [0.3, 0.4) is 0 Å². The Balaban J connectivity index is 1.78. The highest BCUT2D eigenvalue weighted by atomic mass is 16.1. The van der Waals surface area contributed by atoms with E-state index < -0.39 is 0 Å². The molecule has 0 aromatic rings. The Bertz CT molecular complexity index is 522. The van der Waals surface area contributed by atoms with Crippen LogP contribution in [0.5, 0.6) is 0 Å². The lowest BCUT2D eigenvalue weighted by molar-refractivity contribution is -0.126. The fraction of sp³-hybridized carbons (Fsp3) is 0.611. The smallest absolute Gasteiger partial charge is 0.141 e. The standard InChI is InChI=1S/C18H22O/c1-18-10-4-7-15(18)14-9-8-12-5-2-3-6-13(12)17(14)16(19)11-18/h4,7,9-10,12-13,17H,2-3,5-6,8,11H2,1H3/t12?,13-,17+,18-/m0/s1. The van der Waals surface area contributed by atoms with Gasteiger partial charge in [-0.3, -0.25) is 4.79 Å². The number of hydrogen-bond donors (Lipinski definition) is 0. The molecular formula is C18H22O. The van der Waals surface area contributed by atoms with Crippen LogP contribution in [0.25, 0.3) is 0 Å². The fourth-order valence-electron chi connectivity index (χ4n) is 4.98. The second kappa shape index (κ2) is 3.94. The van der Waals surface area contributed by atoms with Gasteiger partial charge in [0, 0.05) is 17.8 Å². The molecule has 2 fully saturated rings. The minimum atomic E-state index is 0.000913. The van der Waals surface area contributed by atoms with E-state index >= 15 is 0 Å². The Morgan fingerprint density at radius 1 is 1.26 bits per heavy atom. The molecule has 19 heavy (non-hydrogen) atoms. The Morgan fingerprint density at radius 2 is 2.11 bits per heavy atom. The van der Waals surface area contributed by atoms with Crippen LogP contribution in [0.4, 0.5) is 0 Å². The minimum Gasteiger partial charge on any atom is -0.299 e. The lowest BCUT2D eigenvalue weighted by Gasteiger charge is -2.47. The lowest BCUT2D eigenvalue weighted by atomic mass is 9.56. The number of ketones is 1. The normalized spacial score (nSPS) is 44.1. The second-order valence-corrected chi connectivity index (χ2v) is 7.08. The highest BCUT2D eigenvalue weighted by Crippen LogP contribution is 2.55. The molecule has 0 saturated heterocycles. The Labute approximate surface area is 115 Å². The maximum atomic E-state index is 12.7. The zero-order chi connectivity index (χ0) is 13.0. The molecule has 0 aromatic carbocycles. The molecule has 0 radical (unpaired) electrons. The van der Waals surface area contributed by atoms with Crippen molar-refractivity contribution < 1.29 is 4.79 Å². The number of Topliss-reactive ketones (excluding diaryl/α,β-unsaturated/α-hetero) is 1. The molecule has 1 unspecified atom stereocenters. The molecule has 1 heteroatoms. The maximum Gasteiger partial charge on any atom is 0.141 e. The summed E-state index contributed by atoms with van der Waals surface area (Å²) < 4.78 is 0. The molecule has 2 saturated carbocycles. The van der Waals surface area contributed by atoms with E-state index in [1.165, 1.54) is 43.3 Å². The van der Waals surface area contributed by atoms with Gasteiger partial charge in [-0.2, -0.15) is 0 Å². The molecular weight excluding hydrogens is 232 g/mol. The molecule has 1 nitrogen and oxygen atoms in total. The van der Waals surface area contributed by atoms with Gasteiger partial charge in [0.25, 0.3) is 0 Å². The predicted octanol–water partition coefficient (Wildman–Crippen LogP) is 4.21. The van der Waals surface area contributed by atoms with E-state index in [0.717, 1.165) is 12.3 Å². The van der Waals surface area contributed by atoms with Gasteiger partial charge in [0.15, 0.2) is 0 Å². The number of carbonyl (C=O) groups is 1. The SMILES string of the molecule is C[C@@]12C=CC=C1C1=CCC3CCCC[C@@H]3[C@H]1C(=O)C2. The monoisotopic (exact) mass is 254 g/mol. The molecule has 4 aliphatic carbocycles. The molecule has 4 aliphatic rings. The zero-order valence-corrected chi connectivity index (χ0v) is 11.7. The van der Waals surface area contributed by atoms with Crippen LogP contribution in [0.2, 0.25) is 0 Å². The fourth-order valence-corrected chi connectivity index (χ4v) is 4.98. The molecule has 0 aliphatic heterocycles. The summed E-state index contributed by atoms with van der Waals surface area (Å²) >= 11 is 0. The summed E-state index contributed by atoms with van der Waals surface area (Å²) in [6, 6.07) is 0. The zero-order valence-electron chi connectivity index (χ0n) is 11.7. The van der Waals surface area contributed by atoms with Gasteiger partial charge >= 0.3 is 0 Å². The molecule has 0 aromatic heterocycles. The number of hydrogen-bond acceptors (Lipinski definition) is 1. The summed E-state index contributed by atoms with van der Waals surface area (Å²) in [5.74, 6) is 2.17. The first-order valence-corrected chi connectivity index (χ1v) is 7.82. The lowest BCUT2D eigenvalue weighted by Crippen LogP contribution is -2.43. The quantitative estimate of drug-likeness (QED) is 0.632. The van der Waals surface area contributed by atoms with E-state index in [1.54, 1.807) is 0 Å². The highest BCUT2D eigenvalue weighted by Gasteiger charge is 2.49. The number of allylic oxidation sites excluding steroid dienone is 6. The summed E-state index contributed by atoms with van der Waals surface area (Å²) in [4.78, 5) is 12.7. The van der Waals surface area contributed by atoms with E-state index in [4.69, 9.17) is 0 Å². The van der Waals surface area contributed by atoms with E-state index in [9.17, 15) is 4.79 Å². The average Bonchev–Trinajstić information content (AvgIpc) is 2.79. The van der Waals surface area contributed by atoms with E-state index in [1.807, 2.05) is 0 Å². The van der Waals surface area contributed by atoms with Crippen molar-refractivity contribution in [3.8, 4) is 0 Å². The van der Waals surface area contributed by atoms with Gasteiger partial charge in [-0.25, -0.2) is 0 Å². The highest BCUT2D eigenvalue weighted by molar-refractivity contribution is 5.90. The van der Waals surface area contributed by atoms with E-state index in [2.05, 4.69) is 31.2 Å². The molecule has 0 heterocycles. The first kappa shape index (κ1) is 11.7. The Kier molecular flexibility index (Phi) is 2.43. The summed E-state index contributed by atoms with van der Waals surface area (Å²) in [5, 5.41) is 0. The molecule has 4 rings (SSSR count). The molecule has 4 atom stereocenters. The number of fused-ring (bicyclic) bond motifs is 5. The van der Waals surface area contributed by atoms with Crippen LogP contribution in [0, 0.1) is 23.2 Å². The van der Waals surface area contributed by atoms with Gasteiger partial charge in [0.2, 0.25) is 0 Å². The van der Waals surface area contributed by atoms with Crippen molar-refractivity contribution in [1.29, 1.82) is 0 Å². The molecule has 0 spiro atoms. The first-order valence-electron chi connectivity index (χ1n) is 7.82. The Hall–Kier alpha value is -1.11. The van der Waals surface area contributed by atoms with Gasteiger partial charge < -0.3 is 0 Å². The van der Waals surface area contributed by atoms with Gasteiger partial charge in [0.05, 0.1) is 0 Å². The number of carbonyl (C=O) groups excluding carboxylic acids is 1. The van der Waals surface area contributed by atoms with Gasteiger partial charge in [-0.1, -0.05) is 44.1 Å². The van der Waals surface area contributed by atoms with Crippen molar-refractivity contribution in [1.82, 2.24) is 0 Å². The van der Waals surface area contributed by atoms with Crippen LogP contribution in [0.1, 0.15) is 45.4 Å². The van der Waals surface area contributed by atoms with Crippen molar-refractivity contribution >= 4 is 5.78 Å². The van der Waals surface area contributed by atoms with E-state index in [0.29, 0.717) is 11.7 Å². The maximum absolute atomic E-state index is 12.7. The largest absolute Gasteiger partial charge is 0.299 e. The molecule has 0 bridgehead atoms. The summed E-state index contributed by atoms with van der Waals surface area (Å²) in [6.45, 7) is 2.23. The van der Waals surface area contributed by atoms with Crippen LogP contribution < -0.4 is 0 Å². The first-order chi connectivity index (χ1) is 9.19. The third kappa shape index (κ3) is 1.57. The Morgan fingerprint density at radius 3 is 3.00 bits per heavy atom. The summed E-state index contributed by atoms with van der Waals surface area (Å²) in [6.07, 6.45) is 16.3. The van der Waals surface area contributed by atoms with Gasteiger partial charge in [-0.15, -0.1) is 0 Å². The van der Waals surface area contributed by atoms with Crippen molar-refractivity contribution in [2.24, 2.45) is 23.2 Å². The van der Waals surface area contributed by atoms with Crippen molar-refractivity contribution in [2.75, 3.05) is 0 Å². The average molecular weight is 254 g/mol. The van der Waals surface area contributed by atoms with Crippen molar-refractivity contribution in [3.05, 3.63) is 35.5 Å². The summed E-state index contributed by atoms with van der Waals surface area (Å²) in [5.41, 5.74) is 2.84. The molecule has 0 N–H and O–H groups in total.